The fraction of sp³-hybridized carbons (Fsp3) is 0.500. The zero-order valence-corrected chi connectivity index (χ0v) is 20.3. The minimum atomic E-state index is -3.92. The number of pyridine rings is 1. The third-order valence-corrected chi connectivity index (χ3v) is 7.63. The molecule has 33 heavy (non-hydrogen) atoms. The highest BCUT2D eigenvalue weighted by Crippen LogP contribution is 2.36. The van der Waals surface area contributed by atoms with Crippen LogP contribution in [0.15, 0.2) is 46.1 Å². The number of aromatic nitrogens is 1. The average molecular weight is 474 g/mol. The SMILES string of the molecule is COc1ccc(S(=O)(=O)Nc2ccc3n(c2=O)CC2CC3CN(C(=O)CC(C)(C)C)C2)cc1. The number of methoxy groups -OCH3 is 1. The molecule has 2 aliphatic heterocycles. The number of hydrogen-bond acceptors (Lipinski definition) is 5. The van der Waals surface area contributed by atoms with Crippen molar-refractivity contribution >= 4 is 21.6 Å². The Morgan fingerprint density at radius 2 is 1.79 bits per heavy atom. The number of anilines is 1. The van der Waals surface area contributed by atoms with Gasteiger partial charge in [0, 0.05) is 37.7 Å². The fourth-order valence-electron chi connectivity index (χ4n) is 4.75. The summed E-state index contributed by atoms with van der Waals surface area (Å²) in [5, 5.41) is 0. The van der Waals surface area contributed by atoms with Gasteiger partial charge in [-0.05, 0) is 54.2 Å². The number of sulfonamides is 1. The smallest absolute Gasteiger partial charge is 0.275 e. The highest BCUT2D eigenvalue weighted by Gasteiger charge is 2.37. The molecule has 0 saturated carbocycles. The summed E-state index contributed by atoms with van der Waals surface area (Å²) in [6, 6.07) is 9.33. The van der Waals surface area contributed by atoms with E-state index in [-0.39, 0.29) is 39.3 Å². The number of likely N-dealkylation sites (tertiary alicyclic amines) is 1. The first-order valence-electron chi connectivity index (χ1n) is 11.2. The predicted octanol–water partition coefficient (Wildman–Crippen LogP) is 3.04. The van der Waals surface area contributed by atoms with Gasteiger partial charge in [0.05, 0.1) is 12.0 Å². The molecule has 3 heterocycles. The zero-order valence-electron chi connectivity index (χ0n) is 19.5. The van der Waals surface area contributed by atoms with Crippen LogP contribution in [0, 0.1) is 11.3 Å². The molecule has 2 bridgehead atoms. The van der Waals surface area contributed by atoms with Gasteiger partial charge in [0.1, 0.15) is 11.4 Å². The van der Waals surface area contributed by atoms with E-state index in [4.69, 9.17) is 4.74 Å². The maximum Gasteiger partial charge on any atom is 0.275 e. The first kappa shape index (κ1) is 23.4. The summed E-state index contributed by atoms with van der Waals surface area (Å²) in [6.45, 7) is 7.85. The van der Waals surface area contributed by atoms with Crippen molar-refractivity contribution < 1.29 is 17.9 Å². The van der Waals surface area contributed by atoms with Crippen LogP contribution in [0.5, 0.6) is 5.75 Å². The monoisotopic (exact) mass is 473 g/mol. The van der Waals surface area contributed by atoms with Gasteiger partial charge in [-0.2, -0.15) is 0 Å². The van der Waals surface area contributed by atoms with E-state index < -0.39 is 10.0 Å². The van der Waals surface area contributed by atoms with E-state index in [1.165, 1.54) is 25.3 Å². The molecule has 1 aromatic heterocycles. The van der Waals surface area contributed by atoms with Gasteiger partial charge < -0.3 is 14.2 Å². The van der Waals surface area contributed by atoms with Gasteiger partial charge in [-0.15, -0.1) is 0 Å². The molecule has 0 aliphatic carbocycles. The van der Waals surface area contributed by atoms with E-state index in [9.17, 15) is 18.0 Å². The Balaban J connectivity index is 1.56. The van der Waals surface area contributed by atoms with Crippen LogP contribution < -0.4 is 15.0 Å². The topological polar surface area (TPSA) is 97.7 Å². The first-order chi connectivity index (χ1) is 15.5. The summed E-state index contributed by atoms with van der Waals surface area (Å²) < 4.78 is 34.8. The highest BCUT2D eigenvalue weighted by atomic mass is 32.2. The number of carbonyl (C=O) groups excluding carboxylic acids is 1. The molecule has 2 unspecified atom stereocenters. The van der Waals surface area contributed by atoms with Gasteiger partial charge >= 0.3 is 0 Å². The van der Waals surface area contributed by atoms with Crippen LogP contribution in [-0.4, -0.2) is 44.0 Å². The molecule has 2 atom stereocenters. The van der Waals surface area contributed by atoms with Crippen molar-refractivity contribution in [2.24, 2.45) is 11.3 Å². The van der Waals surface area contributed by atoms with Gasteiger partial charge in [0.25, 0.3) is 15.6 Å². The number of fused-ring (bicyclic) bond motifs is 4. The largest absolute Gasteiger partial charge is 0.497 e. The van der Waals surface area contributed by atoms with Gasteiger partial charge in [-0.1, -0.05) is 20.8 Å². The van der Waals surface area contributed by atoms with E-state index in [1.54, 1.807) is 16.7 Å². The minimum Gasteiger partial charge on any atom is -0.497 e. The van der Waals surface area contributed by atoms with Crippen LogP contribution in [0.3, 0.4) is 0 Å². The van der Waals surface area contributed by atoms with E-state index in [1.807, 2.05) is 11.0 Å². The van der Waals surface area contributed by atoms with Crippen molar-refractivity contribution in [3.8, 4) is 5.75 Å². The molecular weight excluding hydrogens is 442 g/mol. The maximum atomic E-state index is 13.2. The molecule has 0 spiro atoms. The second kappa shape index (κ2) is 8.52. The van der Waals surface area contributed by atoms with Gasteiger partial charge in [-0.25, -0.2) is 8.42 Å². The van der Waals surface area contributed by atoms with Crippen molar-refractivity contribution in [1.82, 2.24) is 9.47 Å². The van der Waals surface area contributed by atoms with Gasteiger partial charge in [0.15, 0.2) is 0 Å². The summed E-state index contributed by atoms with van der Waals surface area (Å²) >= 11 is 0. The van der Waals surface area contributed by atoms with Gasteiger partial charge in [-0.3, -0.25) is 14.3 Å². The Hall–Kier alpha value is -2.81. The summed E-state index contributed by atoms with van der Waals surface area (Å²) in [4.78, 5) is 28.0. The lowest BCUT2D eigenvalue weighted by Crippen LogP contribution is -2.49. The molecule has 2 aliphatic rings. The Bertz CT molecular complexity index is 1210. The molecule has 9 heteroatoms. The quantitative estimate of drug-likeness (QED) is 0.720. The summed E-state index contributed by atoms with van der Waals surface area (Å²) in [5.41, 5.74) is 0.454. The van der Waals surface area contributed by atoms with Crippen molar-refractivity contribution in [3.63, 3.8) is 0 Å². The normalized spacial score (nSPS) is 20.2. The molecule has 1 amide bonds. The van der Waals surface area contributed by atoms with Crippen molar-refractivity contribution in [2.75, 3.05) is 24.9 Å². The second-order valence-electron chi connectivity index (χ2n) is 10.2. The Labute approximate surface area is 194 Å². The molecule has 178 valence electrons. The number of amides is 1. The average Bonchev–Trinajstić information content (AvgIpc) is 2.74. The molecule has 1 N–H and O–H groups in total. The van der Waals surface area contributed by atoms with Crippen LogP contribution in [0.1, 0.15) is 45.2 Å². The zero-order chi connectivity index (χ0) is 24.0. The van der Waals surface area contributed by atoms with E-state index in [2.05, 4.69) is 25.5 Å². The highest BCUT2D eigenvalue weighted by molar-refractivity contribution is 7.92. The molecule has 1 saturated heterocycles. The number of piperidine rings is 1. The summed E-state index contributed by atoms with van der Waals surface area (Å²) in [5.74, 6) is 0.939. The van der Waals surface area contributed by atoms with E-state index in [0.717, 1.165) is 12.1 Å². The van der Waals surface area contributed by atoms with Crippen LogP contribution in [0.2, 0.25) is 0 Å². The molecular formula is C24H31N3O5S. The molecule has 4 rings (SSSR count). The van der Waals surface area contributed by atoms with Crippen LogP contribution in [0.4, 0.5) is 5.69 Å². The molecule has 1 aromatic carbocycles. The number of rotatable bonds is 5. The molecule has 8 nitrogen and oxygen atoms in total. The minimum absolute atomic E-state index is 0.0233. The van der Waals surface area contributed by atoms with Gasteiger partial charge in [0.2, 0.25) is 5.91 Å². The number of ether oxygens (including phenoxy) is 1. The third kappa shape index (κ3) is 4.93. The number of nitrogens with zero attached hydrogens (tertiary/aromatic N) is 2. The Morgan fingerprint density at radius 3 is 2.42 bits per heavy atom. The Morgan fingerprint density at radius 1 is 1.09 bits per heavy atom. The number of carbonyl (C=O) groups is 1. The molecule has 1 fully saturated rings. The predicted molar refractivity (Wildman–Crippen MR) is 126 cm³/mol. The summed E-state index contributed by atoms with van der Waals surface area (Å²) in [6.07, 6.45) is 1.42. The number of benzene rings is 1. The number of nitrogens with one attached hydrogen (secondary N) is 1. The Kier molecular flexibility index (Phi) is 6.03. The lowest BCUT2D eigenvalue weighted by molar-refractivity contribution is -0.135. The number of hydrogen-bond donors (Lipinski definition) is 1. The second-order valence-corrected chi connectivity index (χ2v) is 11.9. The van der Waals surface area contributed by atoms with E-state index >= 15 is 0 Å². The van der Waals surface area contributed by atoms with Crippen LogP contribution in [-0.2, 0) is 21.4 Å². The standard InChI is InChI=1S/C24H31N3O5S/c1-24(2,3)12-22(28)26-13-16-11-17(15-26)21-10-9-20(23(29)27(21)14-16)25-33(30,31)19-7-5-18(32-4)6-8-19/h5-10,16-17,25H,11-15H2,1-4H3. The lowest BCUT2D eigenvalue weighted by atomic mass is 9.82. The lowest BCUT2D eigenvalue weighted by Gasteiger charge is -2.43. The summed E-state index contributed by atoms with van der Waals surface area (Å²) in [7, 11) is -2.41. The van der Waals surface area contributed by atoms with Crippen molar-refractivity contribution in [3.05, 3.63) is 52.4 Å². The maximum absolute atomic E-state index is 13.2. The fourth-order valence-corrected chi connectivity index (χ4v) is 5.81. The van der Waals surface area contributed by atoms with Crippen molar-refractivity contribution in [1.29, 1.82) is 0 Å². The molecule has 2 aromatic rings. The van der Waals surface area contributed by atoms with Crippen molar-refractivity contribution in [2.45, 2.75) is 51.0 Å². The van der Waals surface area contributed by atoms with Crippen LogP contribution in [0.25, 0.3) is 0 Å². The third-order valence-electron chi connectivity index (χ3n) is 6.25. The molecule has 0 radical (unpaired) electrons. The van der Waals surface area contributed by atoms with Crippen LogP contribution >= 0.6 is 0 Å². The first-order valence-corrected chi connectivity index (χ1v) is 12.6. The van der Waals surface area contributed by atoms with E-state index in [0.29, 0.717) is 31.8 Å².